The van der Waals surface area contributed by atoms with Crippen LogP contribution in [-0.4, -0.2) is 14.8 Å². The van der Waals surface area contributed by atoms with Gasteiger partial charge in [-0.05, 0) is 18.1 Å². The summed E-state index contributed by atoms with van der Waals surface area (Å²) in [7, 11) is 1.83. The summed E-state index contributed by atoms with van der Waals surface area (Å²) in [6.45, 7) is 2.06. The molecule has 0 amide bonds. The lowest BCUT2D eigenvalue weighted by molar-refractivity contribution is 0.785. The Hall–Kier alpha value is -1.89. The molecule has 0 saturated carbocycles. The number of hydrogen-bond donors (Lipinski definition) is 0. The Morgan fingerprint density at radius 2 is 2.36 bits per heavy atom. The maximum absolute atomic E-state index is 8.80. The second-order valence-corrected chi connectivity index (χ2v) is 3.14. The first-order chi connectivity index (χ1) is 6.76. The second-order valence-electron chi connectivity index (χ2n) is 3.14. The fourth-order valence-corrected chi connectivity index (χ4v) is 1.53. The third-order valence-corrected chi connectivity index (χ3v) is 2.29. The molecule has 0 aliphatic carbocycles. The highest BCUT2D eigenvalue weighted by Gasteiger charge is 2.07. The molecule has 2 aromatic heterocycles. The minimum absolute atomic E-state index is 0.456. The first-order valence-corrected chi connectivity index (χ1v) is 4.48. The van der Waals surface area contributed by atoms with Gasteiger partial charge in [-0.1, -0.05) is 6.92 Å². The number of aromatic nitrogens is 3. The van der Waals surface area contributed by atoms with E-state index in [1.807, 2.05) is 13.1 Å². The van der Waals surface area contributed by atoms with Gasteiger partial charge in [0.2, 0.25) is 0 Å². The van der Waals surface area contributed by atoms with E-state index in [-0.39, 0.29) is 0 Å². The zero-order chi connectivity index (χ0) is 10.1. The van der Waals surface area contributed by atoms with E-state index in [1.165, 1.54) is 0 Å². The van der Waals surface area contributed by atoms with Crippen LogP contribution in [0.4, 0.5) is 0 Å². The Morgan fingerprint density at radius 1 is 1.57 bits per heavy atom. The highest BCUT2D eigenvalue weighted by molar-refractivity contribution is 5.79. The molecule has 14 heavy (non-hydrogen) atoms. The largest absolute Gasteiger partial charge is 0.250 e. The van der Waals surface area contributed by atoms with E-state index in [0.717, 1.165) is 23.0 Å². The molecule has 0 spiro atoms. The fraction of sp³-hybridized carbons (Fsp3) is 0.300. The third-order valence-electron chi connectivity index (χ3n) is 2.29. The molecule has 0 bridgehead atoms. The molecule has 2 heterocycles. The molecule has 2 rings (SSSR count). The number of nitrogens with zero attached hydrogens (tertiary/aromatic N) is 4. The molecule has 4 heteroatoms. The Bertz CT molecular complexity index is 519. The molecule has 0 aliphatic heterocycles. The summed E-state index contributed by atoms with van der Waals surface area (Å²) >= 11 is 0. The maximum Gasteiger partial charge on any atom is 0.159 e. The van der Waals surface area contributed by atoms with Crippen LogP contribution in [0.3, 0.4) is 0 Å². The number of rotatable bonds is 1. The molecular weight excluding hydrogens is 176 g/mol. The number of aryl methyl sites for hydroxylation is 2. The Balaban J connectivity index is 2.84. The van der Waals surface area contributed by atoms with Gasteiger partial charge in [-0.15, -0.1) is 0 Å². The van der Waals surface area contributed by atoms with Gasteiger partial charge < -0.3 is 0 Å². The standard InChI is InChI=1S/C10H10N4/c1-3-7-4-8(5-11)13-10-9(7)6-12-14(10)2/h4,6H,3H2,1-2H3. The van der Waals surface area contributed by atoms with Crippen molar-refractivity contribution in [1.82, 2.24) is 14.8 Å². The van der Waals surface area contributed by atoms with Crippen molar-refractivity contribution in [2.75, 3.05) is 0 Å². The van der Waals surface area contributed by atoms with Crippen LogP contribution in [0.5, 0.6) is 0 Å². The molecule has 4 nitrogen and oxygen atoms in total. The molecule has 0 unspecified atom stereocenters. The maximum atomic E-state index is 8.80. The first kappa shape index (κ1) is 8.70. The quantitative estimate of drug-likeness (QED) is 0.676. The lowest BCUT2D eigenvalue weighted by Crippen LogP contribution is -1.95. The van der Waals surface area contributed by atoms with Gasteiger partial charge in [0.05, 0.1) is 6.20 Å². The molecule has 2 aromatic rings. The zero-order valence-corrected chi connectivity index (χ0v) is 8.15. The fourth-order valence-electron chi connectivity index (χ4n) is 1.53. The van der Waals surface area contributed by atoms with Crippen molar-refractivity contribution >= 4 is 11.0 Å². The van der Waals surface area contributed by atoms with Crippen LogP contribution in [0.15, 0.2) is 12.3 Å². The Kier molecular flexibility index (Phi) is 1.93. The summed E-state index contributed by atoms with van der Waals surface area (Å²) < 4.78 is 1.69. The van der Waals surface area contributed by atoms with Crippen LogP contribution in [0.2, 0.25) is 0 Å². The van der Waals surface area contributed by atoms with E-state index in [2.05, 4.69) is 23.1 Å². The van der Waals surface area contributed by atoms with Gasteiger partial charge in [-0.2, -0.15) is 10.4 Å². The topological polar surface area (TPSA) is 54.5 Å². The number of hydrogen-bond acceptors (Lipinski definition) is 3. The highest BCUT2D eigenvalue weighted by Crippen LogP contribution is 2.17. The smallest absolute Gasteiger partial charge is 0.159 e. The normalized spacial score (nSPS) is 10.4. The summed E-state index contributed by atoms with van der Waals surface area (Å²) in [6, 6.07) is 3.88. The summed E-state index contributed by atoms with van der Waals surface area (Å²) in [4.78, 5) is 4.20. The van der Waals surface area contributed by atoms with Gasteiger partial charge in [-0.3, -0.25) is 4.68 Å². The Labute approximate surface area is 81.8 Å². The molecule has 0 atom stereocenters. The highest BCUT2D eigenvalue weighted by atomic mass is 15.3. The van der Waals surface area contributed by atoms with E-state index in [0.29, 0.717) is 5.69 Å². The number of nitriles is 1. The van der Waals surface area contributed by atoms with Crippen molar-refractivity contribution in [2.24, 2.45) is 7.05 Å². The molecule has 0 radical (unpaired) electrons. The van der Waals surface area contributed by atoms with Gasteiger partial charge in [-0.25, -0.2) is 4.98 Å². The zero-order valence-electron chi connectivity index (χ0n) is 8.15. The molecule has 0 aromatic carbocycles. The van der Waals surface area contributed by atoms with Crippen LogP contribution >= 0.6 is 0 Å². The van der Waals surface area contributed by atoms with Crippen molar-refractivity contribution in [3.05, 3.63) is 23.5 Å². The average Bonchev–Trinajstić information content (AvgIpc) is 2.59. The van der Waals surface area contributed by atoms with Gasteiger partial charge in [0, 0.05) is 12.4 Å². The lowest BCUT2D eigenvalue weighted by Gasteiger charge is -1.99. The van der Waals surface area contributed by atoms with Crippen LogP contribution in [0.25, 0.3) is 11.0 Å². The lowest BCUT2D eigenvalue weighted by atomic mass is 10.1. The predicted octanol–water partition coefficient (Wildman–Crippen LogP) is 1.40. The molecule has 70 valence electrons. The summed E-state index contributed by atoms with van der Waals surface area (Å²) in [6.07, 6.45) is 2.68. The first-order valence-electron chi connectivity index (χ1n) is 4.48. The van der Waals surface area contributed by atoms with E-state index in [9.17, 15) is 0 Å². The molecule has 0 aliphatic rings. The van der Waals surface area contributed by atoms with Crippen molar-refractivity contribution in [2.45, 2.75) is 13.3 Å². The summed E-state index contributed by atoms with van der Waals surface area (Å²) in [5.41, 5.74) is 2.36. The van der Waals surface area contributed by atoms with Gasteiger partial charge in [0.15, 0.2) is 5.65 Å². The van der Waals surface area contributed by atoms with Crippen molar-refractivity contribution in [1.29, 1.82) is 5.26 Å². The van der Waals surface area contributed by atoms with Crippen LogP contribution in [0, 0.1) is 11.3 Å². The minimum atomic E-state index is 0.456. The van der Waals surface area contributed by atoms with Crippen molar-refractivity contribution in [3.63, 3.8) is 0 Å². The van der Waals surface area contributed by atoms with Crippen LogP contribution in [0.1, 0.15) is 18.2 Å². The van der Waals surface area contributed by atoms with Gasteiger partial charge in [0.1, 0.15) is 11.8 Å². The third kappa shape index (κ3) is 1.14. The van der Waals surface area contributed by atoms with E-state index in [4.69, 9.17) is 5.26 Å². The van der Waals surface area contributed by atoms with Crippen molar-refractivity contribution < 1.29 is 0 Å². The monoisotopic (exact) mass is 186 g/mol. The van der Waals surface area contributed by atoms with E-state index < -0.39 is 0 Å². The van der Waals surface area contributed by atoms with Crippen molar-refractivity contribution in [3.8, 4) is 6.07 Å². The van der Waals surface area contributed by atoms with E-state index in [1.54, 1.807) is 10.9 Å². The predicted molar refractivity (Wildman–Crippen MR) is 52.6 cm³/mol. The van der Waals surface area contributed by atoms with Gasteiger partial charge in [0.25, 0.3) is 0 Å². The summed E-state index contributed by atoms with van der Waals surface area (Å²) in [5, 5.41) is 14.0. The molecule has 0 saturated heterocycles. The average molecular weight is 186 g/mol. The number of pyridine rings is 1. The minimum Gasteiger partial charge on any atom is -0.250 e. The molecule has 0 fully saturated rings. The number of fused-ring (bicyclic) bond motifs is 1. The van der Waals surface area contributed by atoms with Crippen LogP contribution in [-0.2, 0) is 13.5 Å². The molecular formula is C10H10N4. The SMILES string of the molecule is CCc1cc(C#N)nc2c1cnn2C. The van der Waals surface area contributed by atoms with Gasteiger partial charge >= 0.3 is 0 Å². The van der Waals surface area contributed by atoms with Crippen LogP contribution < -0.4 is 0 Å². The molecule has 0 N–H and O–H groups in total. The second kappa shape index (κ2) is 3.11. The Morgan fingerprint density at radius 3 is 3.00 bits per heavy atom. The van der Waals surface area contributed by atoms with E-state index >= 15 is 0 Å². The summed E-state index contributed by atoms with van der Waals surface area (Å²) in [5.74, 6) is 0.